The predicted molar refractivity (Wildman–Crippen MR) is 75.6 cm³/mol. The molecule has 1 aromatic carbocycles. The molecule has 0 heterocycles. The van der Waals surface area contributed by atoms with Crippen LogP contribution < -0.4 is 4.90 Å². The molecule has 0 saturated carbocycles. The van der Waals surface area contributed by atoms with Crippen molar-refractivity contribution >= 4 is 17.8 Å². The molecule has 0 aromatic heterocycles. The number of hydrogen-bond acceptors (Lipinski definition) is 4. The van der Waals surface area contributed by atoms with Gasteiger partial charge in [0.05, 0.1) is 12.8 Å². The summed E-state index contributed by atoms with van der Waals surface area (Å²) in [5.41, 5.74) is 2.97. The van der Waals surface area contributed by atoms with Gasteiger partial charge in [0.25, 0.3) is 5.91 Å². The molecule has 0 aliphatic carbocycles. The third-order valence-corrected chi connectivity index (χ3v) is 2.72. The maximum Gasteiger partial charge on any atom is 0.253 e. The van der Waals surface area contributed by atoms with Crippen LogP contribution in [0.2, 0.25) is 0 Å². The fourth-order valence-electron chi connectivity index (χ4n) is 1.94. The molecule has 5 nitrogen and oxygen atoms in total. The summed E-state index contributed by atoms with van der Waals surface area (Å²) in [7, 11) is 2.97. The molecule has 5 heteroatoms. The number of rotatable bonds is 6. The second kappa shape index (κ2) is 7.53. The number of ether oxygens (including phenoxy) is 1. The summed E-state index contributed by atoms with van der Waals surface area (Å²) in [4.78, 5) is 18.4. The molecule has 0 unspecified atom stereocenters. The minimum absolute atomic E-state index is 0.0363. The molecule has 19 heavy (non-hydrogen) atoms. The molecule has 0 radical (unpaired) electrons. The summed E-state index contributed by atoms with van der Waals surface area (Å²) in [5.74, 6) is -0.109. The van der Waals surface area contributed by atoms with Crippen molar-refractivity contribution < 1.29 is 14.4 Å². The molecule has 1 aromatic rings. The largest absolute Gasteiger partial charge is 0.399 e. The Morgan fingerprint density at radius 2 is 1.95 bits per heavy atom. The predicted octanol–water partition coefficient (Wildman–Crippen LogP) is 1.92. The van der Waals surface area contributed by atoms with E-state index in [1.165, 1.54) is 14.2 Å². The van der Waals surface area contributed by atoms with Gasteiger partial charge in [0.1, 0.15) is 13.7 Å². The molecule has 104 valence electrons. The molecule has 0 atom stereocenters. The van der Waals surface area contributed by atoms with Gasteiger partial charge < -0.3 is 14.5 Å². The second-order valence-corrected chi connectivity index (χ2v) is 4.15. The van der Waals surface area contributed by atoms with Crippen LogP contribution in [0.15, 0.2) is 23.4 Å². The Labute approximate surface area is 113 Å². The highest BCUT2D eigenvalue weighted by Gasteiger charge is 2.18. The number of carbonyl (C=O) groups is 1. The van der Waals surface area contributed by atoms with E-state index in [0.717, 1.165) is 16.8 Å². The van der Waals surface area contributed by atoms with Crippen LogP contribution >= 0.6 is 0 Å². The number of para-hydroxylation sites is 1. The first kappa shape index (κ1) is 15.2. The maximum atomic E-state index is 12.1. The zero-order valence-corrected chi connectivity index (χ0v) is 11.8. The minimum Gasteiger partial charge on any atom is -0.399 e. The van der Waals surface area contributed by atoms with Crippen LogP contribution in [0, 0.1) is 13.8 Å². The average Bonchev–Trinajstić information content (AvgIpc) is 2.37. The zero-order chi connectivity index (χ0) is 14.3. The van der Waals surface area contributed by atoms with Gasteiger partial charge in [-0.3, -0.25) is 4.79 Å². The first-order valence-corrected chi connectivity index (χ1v) is 6.02. The number of aryl methyl sites for hydroxylation is 2. The lowest BCUT2D eigenvalue weighted by molar-refractivity contribution is -0.122. The highest BCUT2D eigenvalue weighted by Crippen LogP contribution is 2.24. The lowest BCUT2D eigenvalue weighted by Crippen LogP contribution is -2.36. The van der Waals surface area contributed by atoms with Crippen molar-refractivity contribution in [3.63, 3.8) is 0 Å². The van der Waals surface area contributed by atoms with Crippen molar-refractivity contribution in [3.8, 4) is 0 Å². The normalized spacial score (nSPS) is 10.7. The van der Waals surface area contributed by atoms with E-state index in [0.29, 0.717) is 6.54 Å². The topological polar surface area (TPSA) is 51.1 Å². The van der Waals surface area contributed by atoms with Gasteiger partial charge in [-0.05, 0) is 25.0 Å². The van der Waals surface area contributed by atoms with Crippen LogP contribution in [0.3, 0.4) is 0 Å². The van der Waals surface area contributed by atoms with Crippen LogP contribution in [0.25, 0.3) is 0 Å². The summed E-state index contributed by atoms with van der Waals surface area (Å²) in [5, 5.41) is 3.68. The number of benzene rings is 1. The molecule has 0 N–H and O–H groups in total. The van der Waals surface area contributed by atoms with Crippen molar-refractivity contribution in [1.82, 2.24) is 0 Å². The van der Waals surface area contributed by atoms with Gasteiger partial charge in [-0.15, -0.1) is 0 Å². The van der Waals surface area contributed by atoms with Crippen molar-refractivity contribution in [3.05, 3.63) is 29.3 Å². The van der Waals surface area contributed by atoms with Gasteiger partial charge in [0, 0.05) is 12.8 Å². The van der Waals surface area contributed by atoms with Gasteiger partial charge in [-0.25, -0.2) is 0 Å². The number of hydrogen-bond donors (Lipinski definition) is 0. The van der Waals surface area contributed by atoms with Crippen molar-refractivity contribution in [2.24, 2.45) is 5.16 Å². The summed E-state index contributed by atoms with van der Waals surface area (Å²) in [6, 6.07) is 5.92. The van der Waals surface area contributed by atoms with Crippen molar-refractivity contribution in [1.29, 1.82) is 0 Å². The lowest BCUT2D eigenvalue weighted by Gasteiger charge is -2.24. The summed E-state index contributed by atoms with van der Waals surface area (Å²) in [6.45, 7) is 4.34. The Kier molecular flexibility index (Phi) is 6.02. The first-order valence-electron chi connectivity index (χ1n) is 6.02. The molecular formula is C14H20N2O3. The fourth-order valence-corrected chi connectivity index (χ4v) is 1.94. The third kappa shape index (κ3) is 4.06. The number of amides is 1. The van der Waals surface area contributed by atoms with Gasteiger partial charge in [-0.2, -0.15) is 0 Å². The van der Waals surface area contributed by atoms with E-state index >= 15 is 0 Å². The highest BCUT2D eigenvalue weighted by molar-refractivity contribution is 5.98. The van der Waals surface area contributed by atoms with E-state index in [4.69, 9.17) is 4.74 Å². The van der Waals surface area contributed by atoms with Crippen LogP contribution in [-0.2, 0) is 14.4 Å². The molecule has 1 rings (SSSR count). The third-order valence-electron chi connectivity index (χ3n) is 2.72. The molecule has 0 saturated heterocycles. The van der Waals surface area contributed by atoms with Crippen LogP contribution in [0.4, 0.5) is 5.69 Å². The van der Waals surface area contributed by atoms with E-state index in [2.05, 4.69) is 9.99 Å². The summed E-state index contributed by atoms with van der Waals surface area (Å²) in [6.07, 6.45) is 1.56. The molecule has 0 fully saturated rings. The number of oxime groups is 1. The van der Waals surface area contributed by atoms with Gasteiger partial charge >= 0.3 is 0 Å². The second-order valence-electron chi connectivity index (χ2n) is 4.15. The Morgan fingerprint density at radius 3 is 2.47 bits per heavy atom. The van der Waals surface area contributed by atoms with Gasteiger partial charge in [-0.1, -0.05) is 23.4 Å². The first-order chi connectivity index (χ1) is 9.11. The Balaban J connectivity index is 3.07. The Morgan fingerprint density at radius 1 is 1.32 bits per heavy atom. The van der Waals surface area contributed by atoms with Crippen LogP contribution in [0.1, 0.15) is 11.1 Å². The van der Waals surface area contributed by atoms with Crippen molar-refractivity contribution in [2.75, 3.05) is 32.3 Å². The fraction of sp³-hybridized carbons (Fsp3) is 0.429. The van der Waals surface area contributed by atoms with Crippen LogP contribution in [-0.4, -0.2) is 39.5 Å². The SMILES string of the molecule is COCC(=O)N(C/C=N\OC)c1c(C)cccc1C. The van der Waals surface area contributed by atoms with Gasteiger partial charge in [0.15, 0.2) is 0 Å². The zero-order valence-electron chi connectivity index (χ0n) is 11.8. The van der Waals surface area contributed by atoms with E-state index in [1.807, 2.05) is 32.0 Å². The summed E-state index contributed by atoms with van der Waals surface area (Å²) < 4.78 is 4.93. The molecule has 1 amide bonds. The smallest absolute Gasteiger partial charge is 0.253 e. The van der Waals surface area contributed by atoms with E-state index < -0.39 is 0 Å². The van der Waals surface area contributed by atoms with Crippen molar-refractivity contribution in [2.45, 2.75) is 13.8 Å². The minimum atomic E-state index is -0.109. The summed E-state index contributed by atoms with van der Waals surface area (Å²) >= 11 is 0. The maximum absolute atomic E-state index is 12.1. The Hall–Kier alpha value is -1.88. The monoisotopic (exact) mass is 264 g/mol. The molecule has 0 aliphatic heterocycles. The molecule has 0 spiro atoms. The molecular weight excluding hydrogens is 244 g/mol. The number of nitrogens with zero attached hydrogens (tertiary/aromatic N) is 2. The van der Waals surface area contributed by atoms with E-state index in [9.17, 15) is 4.79 Å². The highest BCUT2D eigenvalue weighted by atomic mass is 16.6. The van der Waals surface area contributed by atoms with E-state index in [1.54, 1.807) is 11.1 Å². The van der Waals surface area contributed by atoms with E-state index in [-0.39, 0.29) is 12.5 Å². The quantitative estimate of drug-likeness (QED) is 0.582. The van der Waals surface area contributed by atoms with Crippen LogP contribution in [0.5, 0.6) is 0 Å². The van der Waals surface area contributed by atoms with Gasteiger partial charge in [0.2, 0.25) is 0 Å². The number of anilines is 1. The number of carbonyl (C=O) groups excluding carboxylic acids is 1. The number of methoxy groups -OCH3 is 1. The standard InChI is InChI=1S/C14H20N2O3/c1-11-6-5-7-12(2)14(11)16(9-8-15-19-4)13(17)10-18-3/h5-8H,9-10H2,1-4H3/b15-8-. The lowest BCUT2D eigenvalue weighted by atomic mass is 10.1. The molecule has 0 bridgehead atoms. The molecule has 0 aliphatic rings. The Bertz CT molecular complexity index is 438. The average molecular weight is 264 g/mol.